The van der Waals surface area contributed by atoms with Crippen molar-refractivity contribution in [3.05, 3.63) is 17.0 Å². The third-order valence-corrected chi connectivity index (χ3v) is 3.87. The molecule has 1 aliphatic rings. The fraction of sp³-hybridized carbons (Fsp3) is 0.769. The highest BCUT2D eigenvalue weighted by Crippen LogP contribution is 2.30. The van der Waals surface area contributed by atoms with Crippen molar-refractivity contribution >= 4 is 0 Å². The van der Waals surface area contributed by atoms with Gasteiger partial charge in [0.1, 0.15) is 0 Å². The van der Waals surface area contributed by atoms with Crippen LogP contribution in [0.4, 0.5) is 0 Å². The van der Waals surface area contributed by atoms with Gasteiger partial charge in [-0.2, -0.15) is 5.10 Å². The SMILES string of the molecule is CCn1nc(C)c(CNCC2(O)CCC2)c1C. The van der Waals surface area contributed by atoms with E-state index in [1.54, 1.807) is 0 Å². The minimum atomic E-state index is -0.442. The molecule has 17 heavy (non-hydrogen) atoms. The average molecular weight is 237 g/mol. The molecular formula is C13H23N3O. The van der Waals surface area contributed by atoms with E-state index in [1.165, 1.54) is 11.3 Å². The Morgan fingerprint density at radius 1 is 1.41 bits per heavy atom. The van der Waals surface area contributed by atoms with Crippen LogP contribution in [0.25, 0.3) is 0 Å². The molecule has 4 nitrogen and oxygen atoms in total. The molecule has 1 heterocycles. The van der Waals surface area contributed by atoms with Crippen molar-refractivity contribution in [2.45, 2.75) is 58.7 Å². The van der Waals surface area contributed by atoms with Gasteiger partial charge in [-0.1, -0.05) is 0 Å². The van der Waals surface area contributed by atoms with E-state index in [-0.39, 0.29) is 0 Å². The fourth-order valence-corrected chi connectivity index (χ4v) is 2.48. The van der Waals surface area contributed by atoms with Crippen LogP contribution in [0, 0.1) is 13.8 Å². The van der Waals surface area contributed by atoms with E-state index < -0.39 is 5.60 Å². The second-order valence-electron chi connectivity index (χ2n) is 5.15. The highest BCUT2D eigenvalue weighted by Gasteiger charge is 2.33. The first-order valence-corrected chi connectivity index (χ1v) is 6.52. The molecule has 4 heteroatoms. The second kappa shape index (κ2) is 4.78. The molecule has 0 spiro atoms. The zero-order valence-electron chi connectivity index (χ0n) is 11.1. The van der Waals surface area contributed by atoms with E-state index in [0.717, 1.165) is 38.0 Å². The Balaban J connectivity index is 1.92. The monoisotopic (exact) mass is 237 g/mol. The summed E-state index contributed by atoms with van der Waals surface area (Å²) >= 11 is 0. The number of hydrogen-bond donors (Lipinski definition) is 2. The lowest BCUT2D eigenvalue weighted by Gasteiger charge is -2.36. The Kier molecular flexibility index (Phi) is 3.54. The van der Waals surface area contributed by atoms with Gasteiger partial charge >= 0.3 is 0 Å². The van der Waals surface area contributed by atoms with Crippen LogP contribution in [0.15, 0.2) is 0 Å². The van der Waals surface area contributed by atoms with Gasteiger partial charge in [0.2, 0.25) is 0 Å². The van der Waals surface area contributed by atoms with Gasteiger partial charge in [-0.05, 0) is 40.0 Å². The van der Waals surface area contributed by atoms with Crippen LogP contribution in [-0.2, 0) is 13.1 Å². The van der Waals surface area contributed by atoms with Crippen molar-refractivity contribution < 1.29 is 5.11 Å². The topological polar surface area (TPSA) is 50.1 Å². The first-order valence-electron chi connectivity index (χ1n) is 6.52. The number of hydrogen-bond acceptors (Lipinski definition) is 3. The second-order valence-corrected chi connectivity index (χ2v) is 5.15. The van der Waals surface area contributed by atoms with Crippen molar-refractivity contribution in [1.82, 2.24) is 15.1 Å². The van der Waals surface area contributed by atoms with E-state index in [9.17, 15) is 5.11 Å². The van der Waals surface area contributed by atoms with E-state index >= 15 is 0 Å². The molecule has 96 valence electrons. The van der Waals surface area contributed by atoms with Crippen molar-refractivity contribution in [1.29, 1.82) is 0 Å². The Morgan fingerprint density at radius 2 is 2.12 bits per heavy atom. The van der Waals surface area contributed by atoms with E-state index in [0.29, 0.717) is 6.54 Å². The number of rotatable bonds is 5. The smallest absolute Gasteiger partial charge is 0.0771 e. The zero-order chi connectivity index (χ0) is 12.5. The van der Waals surface area contributed by atoms with Crippen LogP contribution in [0.2, 0.25) is 0 Å². The van der Waals surface area contributed by atoms with Crippen LogP contribution in [-0.4, -0.2) is 27.0 Å². The van der Waals surface area contributed by atoms with Gasteiger partial charge in [-0.15, -0.1) is 0 Å². The van der Waals surface area contributed by atoms with Crippen LogP contribution in [0.5, 0.6) is 0 Å². The first kappa shape index (κ1) is 12.6. The summed E-state index contributed by atoms with van der Waals surface area (Å²) in [5.41, 5.74) is 3.16. The standard InChI is InChI=1S/C13H23N3O/c1-4-16-11(3)12(10(2)15-16)8-14-9-13(17)6-5-7-13/h14,17H,4-9H2,1-3H3. The minimum Gasteiger partial charge on any atom is -0.389 e. The molecular weight excluding hydrogens is 214 g/mol. The van der Waals surface area contributed by atoms with Gasteiger partial charge in [0.25, 0.3) is 0 Å². The van der Waals surface area contributed by atoms with Crippen molar-refractivity contribution in [2.24, 2.45) is 0 Å². The van der Waals surface area contributed by atoms with E-state index in [1.807, 2.05) is 11.6 Å². The summed E-state index contributed by atoms with van der Waals surface area (Å²) in [7, 11) is 0. The molecule has 0 aromatic carbocycles. The molecule has 2 N–H and O–H groups in total. The summed E-state index contributed by atoms with van der Waals surface area (Å²) in [6.45, 7) is 8.68. The summed E-state index contributed by atoms with van der Waals surface area (Å²) in [6.07, 6.45) is 3.03. The molecule has 2 rings (SSSR count). The third-order valence-electron chi connectivity index (χ3n) is 3.87. The molecule has 0 aliphatic heterocycles. The number of nitrogens with one attached hydrogen (secondary N) is 1. The van der Waals surface area contributed by atoms with Crippen LogP contribution < -0.4 is 5.32 Å². The van der Waals surface area contributed by atoms with Crippen LogP contribution in [0.3, 0.4) is 0 Å². The van der Waals surface area contributed by atoms with Gasteiger partial charge in [0, 0.05) is 30.9 Å². The van der Waals surface area contributed by atoms with Crippen molar-refractivity contribution in [3.8, 4) is 0 Å². The highest BCUT2D eigenvalue weighted by molar-refractivity contribution is 5.24. The molecule has 0 unspecified atom stereocenters. The summed E-state index contributed by atoms with van der Waals surface area (Å²) < 4.78 is 2.03. The largest absolute Gasteiger partial charge is 0.389 e. The van der Waals surface area contributed by atoms with Gasteiger partial charge in [0.05, 0.1) is 11.3 Å². The Morgan fingerprint density at radius 3 is 2.59 bits per heavy atom. The lowest BCUT2D eigenvalue weighted by Crippen LogP contribution is -2.46. The summed E-state index contributed by atoms with van der Waals surface area (Å²) in [5.74, 6) is 0. The number of aliphatic hydroxyl groups is 1. The Bertz CT molecular complexity index is 394. The lowest BCUT2D eigenvalue weighted by atomic mass is 9.80. The van der Waals surface area contributed by atoms with Crippen molar-refractivity contribution in [2.75, 3.05) is 6.54 Å². The van der Waals surface area contributed by atoms with Crippen LogP contribution >= 0.6 is 0 Å². The molecule has 0 saturated heterocycles. The normalized spacial score (nSPS) is 18.1. The summed E-state index contributed by atoms with van der Waals surface area (Å²) in [6, 6.07) is 0. The molecule has 0 bridgehead atoms. The number of aromatic nitrogens is 2. The highest BCUT2D eigenvalue weighted by atomic mass is 16.3. The summed E-state index contributed by atoms with van der Waals surface area (Å²) in [5, 5.41) is 17.8. The quantitative estimate of drug-likeness (QED) is 0.816. The molecule has 0 radical (unpaired) electrons. The summed E-state index contributed by atoms with van der Waals surface area (Å²) in [4.78, 5) is 0. The van der Waals surface area contributed by atoms with Gasteiger partial charge in [-0.25, -0.2) is 0 Å². The molecule has 1 aromatic heterocycles. The Labute approximate surface area is 103 Å². The molecule has 1 aromatic rings. The Hall–Kier alpha value is -0.870. The maximum atomic E-state index is 9.99. The molecule has 1 saturated carbocycles. The minimum absolute atomic E-state index is 0.442. The number of aryl methyl sites for hydroxylation is 2. The van der Waals surface area contributed by atoms with Crippen LogP contribution in [0.1, 0.15) is 43.1 Å². The number of nitrogens with zero attached hydrogens (tertiary/aromatic N) is 2. The average Bonchev–Trinajstić information content (AvgIpc) is 2.53. The fourth-order valence-electron chi connectivity index (χ4n) is 2.48. The maximum Gasteiger partial charge on any atom is 0.0771 e. The van der Waals surface area contributed by atoms with Crippen molar-refractivity contribution in [3.63, 3.8) is 0 Å². The lowest BCUT2D eigenvalue weighted by molar-refractivity contribution is -0.0315. The third kappa shape index (κ3) is 2.53. The molecule has 0 atom stereocenters. The maximum absolute atomic E-state index is 9.99. The van der Waals surface area contributed by atoms with Gasteiger partial charge < -0.3 is 10.4 Å². The van der Waals surface area contributed by atoms with E-state index in [2.05, 4.69) is 24.3 Å². The molecule has 0 amide bonds. The zero-order valence-corrected chi connectivity index (χ0v) is 11.1. The first-order chi connectivity index (χ1) is 8.06. The molecule has 1 fully saturated rings. The van der Waals surface area contributed by atoms with E-state index in [4.69, 9.17) is 0 Å². The predicted octanol–water partition coefficient (Wildman–Crippen LogP) is 1.52. The van der Waals surface area contributed by atoms with Gasteiger partial charge in [0.15, 0.2) is 0 Å². The molecule has 1 aliphatic carbocycles. The van der Waals surface area contributed by atoms with Gasteiger partial charge in [-0.3, -0.25) is 4.68 Å². The predicted molar refractivity (Wildman–Crippen MR) is 67.9 cm³/mol.